The fourth-order valence-corrected chi connectivity index (χ4v) is 2.97. The topological polar surface area (TPSA) is 96.5 Å². The number of aryl methyl sites for hydroxylation is 2. The van der Waals surface area contributed by atoms with Crippen LogP contribution >= 0.6 is 12.2 Å². The molecule has 0 heterocycles. The van der Waals surface area contributed by atoms with Crippen LogP contribution in [0.15, 0.2) is 54.6 Å². The normalized spacial score (nSPS) is 10.1. The van der Waals surface area contributed by atoms with Crippen molar-refractivity contribution in [1.29, 1.82) is 0 Å². The van der Waals surface area contributed by atoms with Gasteiger partial charge < -0.3 is 10.1 Å². The predicted molar refractivity (Wildman–Crippen MR) is 122 cm³/mol. The quantitative estimate of drug-likeness (QED) is 0.240. The fourth-order valence-electron chi connectivity index (χ4n) is 2.80. The number of rotatable bonds is 9. The van der Waals surface area contributed by atoms with Crippen molar-refractivity contribution in [1.82, 2.24) is 16.2 Å². The first-order valence-corrected chi connectivity index (χ1v) is 10.5. The summed E-state index contributed by atoms with van der Waals surface area (Å²) in [4.78, 5) is 35.8. The van der Waals surface area contributed by atoms with E-state index in [0.29, 0.717) is 18.6 Å². The van der Waals surface area contributed by atoms with Crippen molar-refractivity contribution in [2.24, 2.45) is 0 Å². The van der Waals surface area contributed by atoms with Gasteiger partial charge in [0.25, 0.3) is 5.91 Å². The standard InChI is InChI=1S/C23H27N3O4S/c1-17-9-5-6-13-19(17)22(29)25-26-23(31)24-20(27)14-7-15-21(28)30-16-8-12-18-10-3-2-4-11-18/h2-6,9-11,13H,7-8,12,14-16H2,1H3,(H,25,29)(H2,24,26,27,31). The average molecular weight is 442 g/mol. The predicted octanol–water partition coefficient (Wildman–Crippen LogP) is 2.98. The van der Waals surface area contributed by atoms with Gasteiger partial charge in [0.15, 0.2) is 5.11 Å². The second kappa shape index (κ2) is 13.1. The highest BCUT2D eigenvalue weighted by Gasteiger charge is 2.10. The summed E-state index contributed by atoms with van der Waals surface area (Å²) in [6.45, 7) is 2.18. The third kappa shape index (κ3) is 9.39. The highest BCUT2D eigenvalue weighted by Crippen LogP contribution is 2.06. The van der Waals surface area contributed by atoms with E-state index in [0.717, 1.165) is 18.4 Å². The van der Waals surface area contributed by atoms with E-state index >= 15 is 0 Å². The molecule has 8 heteroatoms. The Morgan fingerprint density at radius 1 is 0.903 bits per heavy atom. The summed E-state index contributed by atoms with van der Waals surface area (Å²) in [5.41, 5.74) is 7.47. The Balaban J connectivity index is 1.54. The average Bonchev–Trinajstić information content (AvgIpc) is 2.76. The van der Waals surface area contributed by atoms with Crippen molar-refractivity contribution >= 4 is 35.1 Å². The van der Waals surface area contributed by atoms with Crippen molar-refractivity contribution in [3.05, 3.63) is 71.3 Å². The smallest absolute Gasteiger partial charge is 0.305 e. The van der Waals surface area contributed by atoms with Crippen molar-refractivity contribution < 1.29 is 19.1 Å². The van der Waals surface area contributed by atoms with Gasteiger partial charge in [-0.1, -0.05) is 48.5 Å². The maximum atomic E-state index is 12.1. The molecule has 0 aromatic heterocycles. The number of esters is 1. The van der Waals surface area contributed by atoms with Crippen molar-refractivity contribution in [2.75, 3.05) is 6.61 Å². The molecule has 3 N–H and O–H groups in total. The van der Waals surface area contributed by atoms with Crippen LogP contribution in [0, 0.1) is 6.92 Å². The van der Waals surface area contributed by atoms with E-state index in [2.05, 4.69) is 16.2 Å². The molecule has 0 aliphatic rings. The maximum absolute atomic E-state index is 12.1. The molecule has 0 unspecified atom stereocenters. The molecule has 0 bridgehead atoms. The van der Waals surface area contributed by atoms with Gasteiger partial charge in [-0.15, -0.1) is 0 Å². The molecule has 31 heavy (non-hydrogen) atoms. The monoisotopic (exact) mass is 441 g/mol. The highest BCUT2D eigenvalue weighted by atomic mass is 32.1. The molecular formula is C23H27N3O4S. The van der Waals surface area contributed by atoms with Gasteiger partial charge in [-0.2, -0.15) is 0 Å². The second-order valence-electron chi connectivity index (χ2n) is 6.93. The maximum Gasteiger partial charge on any atom is 0.305 e. The van der Waals surface area contributed by atoms with Gasteiger partial charge >= 0.3 is 5.97 Å². The second-order valence-corrected chi connectivity index (χ2v) is 7.34. The van der Waals surface area contributed by atoms with E-state index in [1.807, 2.05) is 49.4 Å². The largest absolute Gasteiger partial charge is 0.466 e. The Kier molecular flexibility index (Phi) is 10.2. The van der Waals surface area contributed by atoms with Gasteiger partial charge in [0.05, 0.1) is 6.61 Å². The number of ether oxygens (including phenoxy) is 1. The molecule has 0 aliphatic carbocycles. The zero-order chi connectivity index (χ0) is 22.5. The molecule has 2 aromatic rings. The minimum Gasteiger partial charge on any atom is -0.466 e. The first-order chi connectivity index (χ1) is 15.0. The van der Waals surface area contributed by atoms with Crippen LogP contribution in [0.4, 0.5) is 0 Å². The minimum atomic E-state index is -0.357. The third-order valence-electron chi connectivity index (χ3n) is 4.43. The van der Waals surface area contributed by atoms with Crippen LogP contribution in [0.3, 0.4) is 0 Å². The lowest BCUT2D eigenvalue weighted by atomic mass is 10.1. The summed E-state index contributed by atoms with van der Waals surface area (Å²) in [6.07, 6.45) is 2.23. The van der Waals surface area contributed by atoms with E-state index in [1.54, 1.807) is 12.1 Å². The van der Waals surface area contributed by atoms with Crippen LogP contribution in [0.1, 0.15) is 47.2 Å². The van der Waals surface area contributed by atoms with Crippen LogP contribution < -0.4 is 16.2 Å². The molecule has 2 aromatic carbocycles. The molecular weight excluding hydrogens is 414 g/mol. The summed E-state index contributed by atoms with van der Waals surface area (Å²) in [6, 6.07) is 17.1. The van der Waals surface area contributed by atoms with E-state index in [1.165, 1.54) is 5.56 Å². The number of thiocarbonyl (C=S) groups is 1. The van der Waals surface area contributed by atoms with Gasteiger partial charge in [0, 0.05) is 18.4 Å². The van der Waals surface area contributed by atoms with Crippen LogP contribution in [0.2, 0.25) is 0 Å². The van der Waals surface area contributed by atoms with Crippen molar-refractivity contribution in [2.45, 2.75) is 39.0 Å². The summed E-state index contributed by atoms with van der Waals surface area (Å²) in [5.74, 6) is -1.03. The molecule has 0 aliphatic heterocycles. The van der Waals surface area contributed by atoms with Gasteiger partial charge in [-0.05, 0) is 55.6 Å². The SMILES string of the molecule is Cc1ccccc1C(=O)NNC(=S)NC(=O)CCCC(=O)OCCCc1ccccc1. The molecule has 0 fully saturated rings. The van der Waals surface area contributed by atoms with E-state index in [9.17, 15) is 14.4 Å². The zero-order valence-corrected chi connectivity index (χ0v) is 18.3. The van der Waals surface area contributed by atoms with Crippen LogP contribution in [-0.4, -0.2) is 29.5 Å². The zero-order valence-electron chi connectivity index (χ0n) is 17.5. The van der Waals surface area contributed by atoms with Gasteiger partial charge in [-0.25, -0.2) is 0 Å². The van der Waals surface area contributed by atoms with E-state index in [4.69, 9.17) is 17.0 Å². The molecule has 0 radical (unpaired) electrons. The van der Waals surface area contributed by atoms with E-state index < -0.39 is 0 Å². The Bertz CT molecular complexity index is 903. The lowest BCUT2D eigenvalue weighted by Gasteiger charge is -2.11. The Morgan fingerprint density at radius 2 is 1.61 bits per heavy atom. The molecule has 0 saturated carbocycles. The number of nitrogens with one attached hydrogen (secondary N) is 3. The number of benzene rings is 2. The van der Waals surface area contributed by atoms with Gasteiger partial charge in [0.1, 0.15) is 0 Å². The summed E-state index contributed by atoms with van der Waals surface area (Å²) in [5, 5.41) is 2.44. The molecule has 2 rings (SSSR count). The number of carbonyl (C=O) groups is 3. The van der Waals surface area contributed by atoms with Crippen LogP contribution in [-0.2, 0) is 20.7 Å². The lowest BCUT2D eigenvalue weighted by molar-refractivity contribution is -0.143. The number of hydrogen-bond acceptors (Lipinski definition) is 5. The number of hydrazine groups is 1. The number of hydrogen-bond donors (Lipinski definition) is 3. The molecule has 2 amide bonds. The van der Waals surface area contributed by atoms with Crippen molar-refractivity contribution in [3.63, 3.8) is 0 Å². The lowest BCUT2D eigenvalue weighted by Crippen LogP contribution is -2.48. The van der Waals surface area contributed by atoms with Crippen LogP contribution in [0.25, 0.3) is 0 Å². The fraction of sp³-hybridized carbons (Fsp3) is 0.304. The summed E-state index contributed by atoms with van der Waals surface area (Å²) < 4.78 is 5.19. The van der Waals surface area contributed by atoms with Crippen LogP contribution in [0.5, 0.6) is 0 Å². The molecule has 0 saturated heterocycles. The highest BCUT2D eigenvalue weighted by molar-refractivity contribution is 7.80. The molecule has 7 nitrogen and oxygen atoms in total. The first-order valence-electron chi connectivity index (χ1n) is 10.1. The third-order valence-corrected chi connectivity index (χ3v) is 4.64. The number of carbonyl (C=O) groups excluding carboxylic acids is 3. The number of amides is 2. The molecule has 0 spiro atoms. The summed E-state index contributed by atoms with van der Waals surface area (Å²) in [7, 11) is 0. The van der Waals surface area contributed by atoms with Gasteiger partial charge in [-0.3, -0.25) is 25.2 Å². The molecule has 0 atom stereocenters. The summed E-state index contributed by atoms with van der Waals surface area (Å²) >= 11 is 5.00. The van der Waals surface area contributed by atoms with Crippen molar-refractivity contribution in [3.8, 4) is 0 Å². The molecule has 164 valence electrons. The first kappa shape index (κ1) is 24.0. The Morgan fingerprint density at radius 3 is 2.35 bits per heavy atom. The Labute approximate surface area is 187 Å². The van der Waals surface area contributed by atoms with Gasteiger partial charge in [0.2, 0.25) is 5.91 Å². The van der Waals surface area contributed by atoms with E-state index in [-0.39, 0.29) is 35.7 Å². The minimum absolute atomic E-state index is 0.0181. The Hall–Kier alpha value is -3.26.